The minimum Gasteiger partial charge on any atom is -0.511 e. The van der Waals surface area contributed by atoms with E-state index in [4.69, 9.17) is 0 Å². The number of allylic oxidation sites excluding steroid dienone is 2. The van der Waals surface area contributed by atoms with Crippen molar-refractivity contribution in [2.45, 2.75) is 59.8 Å². The maximum atomic E-state index is 12.2. The molecule has 0 saturated carbocycles. The molecule has 3 heteroatoms. The Bertz CT molecular complexity index is 377. The van der Waals surface area contributed by atoms with Crippen molar-refractivity contribution >= 4 is 11.6 Å². The summed E-state index contributed by atoms with van der Waals surface area (Å²) in [6.45, 7) is 8.32. The van der Waals surface area contributed by atoms with Gasteiger partial charge in [0, 0.05) is 18.8 Å². The summed E-state index contributed by atoms with van der Waals surface area (Å²) in [4.78, 5) is 24.2. The van der Waals surface area contributed by atoms with Crippen LogP contribution in [0.25, 0.3) is 0 Å². The van der Waals surface area contributed by atoms with E-state index in [1.807, 2.05) is 13.8 Å². The van der Waals surface area contributed by atoms with Gasteiger partial charge in [-0.1, -0.05) is 34.1 Å². The molecule has 0 radical (unpaired) electrons. The van der Waals surface area contributed by atoms with Crippen LogP contribution in [0.1, 0.15) is 59.8 Å². The third kappa shape index (κ3) is 4.48. The lowest BCUT2D eigenvalue weighted by molar-refractivity contribution is -0.123. The largest absolute Gasteiger partial charge is 0.511 e. The van der Waals surface area contributed by atoms with Gasteiger partial charge >= 0.3 is 0 Å². The number of rotatable bonds is 7. The molecule has 0 spiro atoms. The number of aliphatic hydroxyl groups excluding tert-OH is 1. The number of ketones is 2. The molecular weight excluding hydrogens is 240 g/mol. The average Bonchev–Trinajstić information content (AvgIpc) is 2.58. The van der Waals surface area contributed by atoms with Gasteiger partial charge in [-0.3, -0.25) is 9.59 Å². The Labute approximate surface area is 116 Å². The molecule has 19 heavy (non-hydrogen) atoms. The first-order chi connectivity index (χ1) is 8.82. The van der Waals surface area contributed by atoms with E-state index in [0.717, 1.165) is 19.3 Å². The van der Waals surface area contributed by atoms with Gasteiger partial charge in [0.25, 0.3) is 0 Å². The second-order valence-corrected chi connectivity index (χ2v) is 6.41. The summed E-state index contributed by atoms with van der Waals surface area (Å²) in [5, 5.41) is 9.87. The van der Waals surface area contributed by atoms with Crippen LogP contribution in [0.4, 0.5) is 0 Å². The molecule has 1 aliphatic carbocycles. The summed E-state index contributed by atoms with van der Waals surface area (Å²) >= 11 is 0. The molecule has 0 heterocycles. The van der Waals surface area contributed by atoms with E-state index in [2.05, 4.69) is 13.8 Å². The Morgan fingerprint density at radius 2 is 1.79 bits per heavy atom. The normalized spacial score (nSPS) is 19.9. The fraction of sp³-hybridized carbons (Fsp3) is 0.750. The predicted octanol–water partition coefficient (Wildman–Crippen LogP) is 3.83. The van der Waals surface area contributed by atoms with Crippen molar-refractivity contribution in [1.29, 1.82) is 0 Å². The van der Waals surface area contributed by atoms with E-state index in [-0.39, 0.29) is 28.8 Å². The first kappa shape index (κ1) is 15.9. The van der Waals surface area contributed by atoms with Gasteiger partial charge in [0.2, 0.25) is 0 Å². The number of carbonyl (C=O) groups is 2. The second-order valence-electron chi connectivity index (χ2n) is 6.41. The lowest BCUT2D eigenvalue weighted by Gasteiger charge is -2.10. The molecule has 0 aromatic carbocycles. The summed E-state index contributed by atoms with van der Waals surface area (Å²) in [5.74, 6) is 0.499. The van der Waals surface area contributed by atoms with Crippen molar-refractivity contribution < 1.29 is 14.7 Å². The number of hydrogen-bond donors (Lipinski definition) is 1. The van der Waals surface area contributed by atoms with Crippen LogP contribution in [0.15, 0.2) is 11.3 Å². The Hall–Kier alpha value is -1.12. The molecular formula is C16H26O3. The van der Waals surface area contributed by atoms with Gasteiger partial charge < -0.3 is 5.11 Å². The SMILES string of the molecule is CC(C)CCC(=O)C1=C(O)C[C@H](CCC(C)C)C1=O. The van der Waals surface area contributed by atoms with Crippen molar-refractivity contribution in [2.24, 2.45) is 17.8 Å². The molecule has 3 nitrogen and oxygen atoms in total. The van der Waals surface area contributed by atoms with Gasteiger partial charge in [-0.25, -0.2) is 0 Å². The van der Waals surface area contributed by atoms with E-state index in [9.17, 15) is 14.7 Å². The Morgan fingerprint density at radius 1 is 1.21 bits per heavy atom. The van der Waals surface area contributed by atoms with Gasteiger partial charge in [-0.15, -0.1) is 0 Å². The molecule has 0 aliphatic heterocycles. The van der Waals surface area contributed by atoms with Crippen LogP contribution in [0.5, 0.6) is 0 Å². The van der Waals surface area contributed by atoms with Gasteiger partial charge in [0.05, 0.1) is 5.57 Å². The Kier molecular flexibility index (Phi) is 5.77. The zero-order valence-corrected chi connectivity index (χ0v) is 12.5. The fourth-order valence-corrected chi connectivity index (χ4v) is 2.39. The molecule has 0 amide bonds. The van der Waals surface area contributed by atoms with Crippen molar-refractivity contribution in [3.63, 3.8) is 0 Å². The summed E-state index contributed by atoms with van der Waals surface area (Å²) in [6.07, 6.45) is 3.20. The highest BCUT2D eigenvalue weighted by Crippen LogP contribution is 2.32. The van der Waals surface area contributed by atoms with Crippen molar-refractivity contribution in [3.05, 3.63) is 11.3 Å². The van der Waals surface area contributed by atoms with Crippen LogP contribution >= 0.6 is 0 Å². The van der Waals surface area contributed by atoms with Crippen LogP contribution in [0, 0.1) is 17.8 Å². The molecule has 1 N–H and O–H groups in total. The van der Waals surface area contributed by atoms with Crippen LogP contribution in [-0.4, -0.2) is 16.7 Å². The predicted molar refractivity (Wildman–Crippen MR) is 75.9 cm³/mol. The zero-order valence-electron chi connectivity index (χ0n) is 12.5. The average molecular weight is 266 g/mol. The van der Waals surface area contributed by atoms with Crippen LogP contribution in [0.3, 0.4) is 0 Å². The monoisotopic (exact) mass is 266 g/mol. The molecule has 0 saturated heterocycles. The van der Waals surface area contributed by atoms with Gasteiger partial charge in [-0.05, 0) is 24.7 Å². The molecule has 1 aliphatic rings. The smallest absolute Gasteiger partial charge is 0.173 e. The minimum absolute atomic E-state index is 0.0208. The topological polar surface area (TPSA) is 54.4 Å². The van der Waals surface area contributed by atoms with Gasteiger partial charge in [0.15, 0.2) is 11.6 Å². The first-order valence-electron chi connectivity index (χ1n) is 7.32. The molecule has 108 valence electrons. The van der Waals surface area contributed by atoms with E-state index in [0.29, 0.717) is 24.7 Å². The number of hydrogen-bond acceptors (Lipinski definition) is 3. The van der Waals surface area contributed by atoms with Crippen LogP contribution < -0.4 is 0 Å². The maximum absolute atomic E-state index is 12.2. The lowest BCUT2D eigenvalue weighted by Crippen LogP contribution is -2.17. The first-order valence-corrected chi connectivity index (χ1v) is 7.32. The van der Waals surface area contributed by atoms with E-state index in [1.165, 1.54) is 0 Å². The molecule has 0 fully saturated rings. The summed E-state index contributed by atoms with van der Waals surface area (Å²) in [5.41, 5.74) is 0.0920. The molecule has 0 bridgehead atoms. The highest BCUT2D eigenvalue weighted by molar-refractivity contribution is 6.22. The Morgan fingerprint density at radius 3 is 2.32 bits per heavy atom. The van der Waals surface area contributed by atoms with E-state index in [1.54, 1.807) is 0 Å². The molecule has 1 atom stereocenters. The van der Waals surface area contributed by atoms with Crippen molar-refractivity contribution in [3.8, 4) is 0 Å². The molecule has 1 rings (SSSR count). The number of Topliss-reactive ketones (excluding diaryl/α,β-unsaturated/α-hetero) is 2. The second kappa shape index (κ2) is 6.88. The lowest BCUT2D eigenvalue weighted by atomic mass is 9.92. The standard InChI is InChI=1S/C16H26O3/c1-10(2)5-7-12-9-14(18)15(16(12)19)13(17)8-6-11(3)4/h10-12,18H,5-9H2,1-4H3/t12-/m0/s1. The summed E-state index contributed by atoms with van der Waals surface area (Å²) in [6, 6.07) is 0. The van der Waals surface area contributed by atoms with E-state index >= 15 is 0 Å². The maximum Gasteiger partial charge on any atom is 0.173 e. The quantitative estimate of drug-likeness (QED) is 0.712. The third-order valence-electron chi connectivity index (χ3n) is 3.67. The highest BCUT2D eigenvalue weighted by Gasteiger charge is 2.36. The fourth-order valence-electron chi connectivity index (χ4n) is 2.39. The van der Waals surface area contributed by atoms with E-state index < -0.39 is 0 Å². The van der Waals surface area contributed by atoms with Crippen molar-refractivity contribution in [1.82, 2.24) is 0 Å². The third-order valence-corrected chi connectivity index (χ3v) is 3.67. The van der Waals surface area contributed by atoms with Crippen LogP contribution in [-0.2, 0) is 9.59 Å². The van der Waals surface area contributed by atoms with Gasteiger partial charge in [-0.2, -0.15) is 0 Å². The van der Waals surface area contributed by atoms with Gasteiger partial charge in [0.1, 0.15) is 5.76 Å². The molecule has 0 aromatic heterocycles. The highest BCUT2D eigenvalue weighted by atomic mass is 16.3. The number of carbonyl (C=O) groups excluding carboxylic acids is 2. The van der Waals surface area contributed by atoms with Crippen LogP contribution in [0.2, 0.25) is 0 Å². The van der Waals surface area contributed by atoms with Crippen molar-refractivity contribution in [2.75, 3.05) is 0 Å². The molecule has 0 aromatic rings. The summed E-state index contributed by atoms with van der Waals surface area (Å²) < 4.78 is 0. The Balaban J connectivity index is 2.61. The zero-order chi connectivity index (χ0) is 14.6. The molecule has 0 unspecified atom stereocenters. The summed E-state index contributed by atoms with van der Waals surface area (Å²) in [7, 11) is 0. The number of aliphatic hydroxyl groups is 1. The minimum atomic E-state index is -0.180.